The maximum atomic E-state index is 13.9. The summed E-state index contributed by atoms with van der Waals surface area (Å²) >= 11 is 7.46. The van der Waals surface area contributed by atoms with E-state index in [-0.39, 0.29) is 24.3 Å². The number of ether oxygens (including phenoxy) is 2. The molecule has 10 heteroatoms. The van der Waals surface area contributed by atoms with Crippen molar-refractivity contribution in [2.45, 2.75) is 26.5 Å². The molecule has 0 amide bonds. The molecule has 1 aromatic heterocycles. The van der Waals surface area contributed by atoms with E-state index in [4.69, 9.17) is 26.3 Å². The largest absolute Gasteiger partial charge is 0.488 e. The van der Waals surface area contributed by atoms with Gasteiger partial charge in [0.2, 0.25) is 0 Å². The zero-order valence-corrected chi connectivity index (χ0v) is 23.6. The Labute approximate surface area is 243 Å². The molecule has 0 radical (unpaired) electrons. The number of nitrogens with zero attached hydrogens (tertiary/aromatic N) is 3. The first-order valence-electron chi connectivity index (χ1n) is 12.7. The molecule has 0 saturated carbocycles. The highest BCUT2D eigenvalue weighted by molar-refractivity contribution is 7.07. The van der Waals surface area contributed by atoms with E-state index in [2.05, 4.69) is 11.1 Å². The van der Waals surface area contributed by atoms with Gasteiger partial charge in [-0.25, -0.2) is 14.2 Å². The number of fused-ring (bicyclic) bond motifs is 1. The molecule has 41 heavy (non-hydrogen) atoms. The Balaban J connectivity index is 1.59. The van der Waals surface area contributed by atoms with Crippen molar-refractivity contribution in [1.82, 2.24) is 4.57 Å². The van der Waals surface area contributed by atoms with Crippen molar-refractivity contribution in [2.75, 3.05) is 6.61 Å². The van der Waals surface area contributed by atoms with Crippen LogP contribution in [0.5, 0.6) is 5.75 Å². The summed E-state index contributed by atoms with van der Waals surface area (Å²) in [6.07, 6.45) is 1.68. The smallest absolute Gasteiger partial charge is 0.338 e. The fraction of sp³-hybridized carbons (Fsp3) is 0.161. The fourth-order valence-corrected chi connectivity index (χ4v) is 5.71. The Hall–Kier alpha value is -4.52. The molecule has 206 valence electrons. The summed E-state index contributed by atoms with van der Waals surface area (Å²) in [6, 6.07) is 19.1. The van der Waals surface area contributed by atoms with E-state index in [0.717, 1.165) is 16.9 Å². The van der Waals surface area contributed by atoms with Gasteiger partial charge in [0.1, 0.15) is 18.2 Å². The number of carbonyl (C=O) groups excluding carboxylic acids is 1. The first-order chi connectivity index (χ1) is 19.8. The monoisotopic (exact) mass is 587 g/mol. The van der Waals surface area contributed by atoms with Crippen LogP contribution in [0.25, 0.3) is 6.08 Å². The molecule has 1 aliphatic heterocycles. The molecule has 3 aromatic carbocycles. The lowest BCUT2D eigenvalue weighted by atomic mass is 9.96. The van der Waals surface area contributed by atoms with Crippen molar-refractivity contribution >= 4 is 35.0 Å². The quantitative estimate of drug-likeness (QED) is 0.282. The lowest BCUT2D eigenvalue weighted by Gasteiger charge is -2.24. The number of allylic oxidation sites excluding steroid dienone is 1. The Morgan fingerprint density at radius 2 is 1.90 bits per heavy atom. The van der Waals surface area contributed by atoms with E-state index >= 15 is 0 Å². The Kier molecular flexibility index (Phi) is 8.15. The highest BCUT2D eigenvalue weighted by Crippen LogP contribution is 2.31. The van der Waals surface area contributed by atoms with Gasteiger partial charge in [-0.3, -0.25) is 9.36 Å². The molecule has 0 N–H and O–H groups in total. The van der Waals surface area contributed by atoms with Crippen LogP contribution >= 0.6 is 22.9 Å². The molecule has 1 aliphatic rings. The number of esters is 1. The van der Waals surface area contributed by atoms with E-state index in [1.54, 1.807) is 62.4 Å². The SMILES string of the molecule is CCOC(=O)C1=C(C)N=c2sc(=Cc3cc(Cl)ccc3OCc3ccc(C#N)cc3)c(=O)n2[C@H]1c1ccc(F)cc1. The van der Waals surface area contributed by atoms with Crippen molar-refractivity contribution in [2.24, 2.45) is 4.99 Å². The van der Waals surface area contributed by atoms with Gasteiger partial charge in [-0.05, 0) is 73.5 Å². The first kappa shape index (κ1) is 28.0. The number of benzene rings is 3. The Bertz CT molecular complexity index is 1890. The number of carbonyl (C=O) groups is 1. The van der Waals surface area contributed by atoms with Gasteiger partial charge >= 0.3 is 5.97 Å². The van der Waals surface area contributed by atoms with Gasteiger partial charge in [-0.15, -0.1) is 0 Å². The zero-order chi connectivity index (χ0) is 29.1. The standard InChI is InChI=1S/C31H23ClFN3O4S/c1-3-39-30(38)27-18(2)35-31-36(28(27)21-8-11-24(33)12-9-21)29(37)26(41-31)15-22-14-23(32)10-13-25(22)40-17-20-6-4-19(16-34)5-7-20/h4-15,28H,3,17H2,1-2H3/t28-/m0/s1. The minimum absolute atomic E-state index is 0.149. The van der Waals surface area contributed by atoms with Gasteiger partial charge in [0.15, 0.2) is 4.80 Å². The molecule has 0 spiro atoms. The Morgan fingerprint density at radius 3 is 2.59 bits per heavy atom. The summed E-state index contributed by atoms with van der Waals surface area (Å²) in [4.78, 5) is 31.8. The molecule has 1 atom stereocenters. The van der Waals surface area contributed by atoms with E-state index < -0.39 is 17.8 Å². The summed E-state index contributed by atoms with van der Waals surface area (Å²) in [7, 11) is 0. The average Bonchev–Trinajstić information content (AvgIpc) is 3.26. The third kappa shape index (κ3) is 5.85. The van der Waals surface area contributed by atoms with Crippen LogP contribution in [0.3, 0.4) is 0 Å². The summed E-state index contributed by atoms with van der Waals surface area (Å²) in [6.45, 7) is 3.77. The second kappa shape index (κ2) is 11.9. The van der Waals surface area contributed by atoms with Crippen LogP contribution in [-0.2, 0) is 16.1 Å². The molecule has 0 saturated heterocycles. The predicted octanol–water partition coefficient (Wildman–Crippen LogP) is 5.04. The normalized spacial score (nSPS) is 14.7. The molecule has 0 fully saturated rings. The van der Waals surface area contributed by atoms with Gasteiger partial charge < -0.3 is 9.47 Å². The maximum absolute atomic E-state index is 13.9. The van der Waals surface area contributed by atoms with Gasteiger partial charge in [0.05, 0.1) is 40.1 Å². The number of rotatable bonds is 7. The highest BCUT2D eigenvalue weighted by atomic mass is 35.5. The second-order valence-corrected chi connectivity index (χ2v) is 10.6. The molecular formula is C31H23ClFN3O4S. The minimum atomic E-state index is -0.848. The average molecular weight is 588 g/mol. The maximum Gasteiger partial charge on any atom is 0.338 e. The summed E-state index contributed by atoms with van der Waals surface area (Å²) in [5.74, 6) is -0.525. The highest BCUT2D eigenvalue weighted by Gasteiger charge is 2.33. The lowest BCUT2D eigenvalue weighted by Crippen LogP contribution is -2.39. The van der Waals surface area contributed by atoms with Gasteiger partial charge in [-0.2, -0.15) is 5.26 Å². The molecule has 0 aliphatic carbocycles. The van der Waals surface area contributed by atoms with E-state index in [1.807, 2.05) is 12.1 Å². The van der Waals surface area contributed by atoms with E-state index in [9.17, 15) is 14.0 Å². The fourth-order valence-electron chi connectivity index (χ4n) is 4.49. The van der Waals surface area contributed by atoms with Crippen LogP contribution in [0.15, 0.2) is 87.8 Å². The second-order valence-electron chi connectivity index (χ2n) is 9.13. The third-order valence-electron chi connectivity index (χ3n) is 6.44. The zero-order valence-electron chi connectivity index (χ0n) is 22.1. The summed E-state index contributed by atoms with van der Waals surface area (Å²) in [5.41, 5.74) is 2.80. The van der Waals surface area contributed by atoms with E-state index in [1.165, 1.54) is 16.7 Å². The Morgan fingerprint density at radius 1 is 1.17 bits per heavy atom. The van der Waals surface area contributed by atoms with Crippen LogP contribution in [0.2, 0.25) is 5.02 Å². The molecule has 4 aromatic rings. The van der Waals surface area contributed by atoms with Crippen molar-refractivity contribution in [3.05, 3.63) is 131 Å². The van der Waals surface area contributed by atoms with Crippen LogP contribution in [-0.4, -0.2) is 17.1 Å². The topological polar surface area (TPSA) is 93.7 Å². The molecular weight excluding hydrogens is 565 g/mol. The van der Waals surface area contributed by atoms with Gasteiger partial charge in [0.25, 0.3) is 5.56 Å². The number of halogens is 2. The number of nitriles is 1. The van der Waals surface area contributed by atoms with Crippen molar-refractivity contribution < 1.29 is 18.7 Å². The molecule has 5 rings (SSSR count). The lowest BCUT2D eigenvalue weighted by molar-refractivity contribution is -0.139. The number of hydrogen-bond acceptors (Lipinski definition) is 7. The predicted molar refractivity (Wildman–Crippen MR) is 154 cm³/mol. The summed E-state index contributed by atoms with van der Waals surface area (Å²) in [5, 5.41) is 9.48. The number of thiazole rings is 1. The van der Waals surface area contributed by atoms with Crippen molar-refractivity contribution in [3.63, 3.8) is 0 Å². The van der Waals surface area contributed by atoms with Crippen LogP contribution in [0.4, 0.5) is 4.39 Å². The summed E-state index contributed by atoms with van der Waals surface area (Å²) < 4.78 is 26.9. The minimum Gasteiger partial charge on any atom is -0.488 e. The van der Waals surface area contributed by atoms with Crippen LogP contribution < -0.4 is 19.6 Å². The van der Waals surface area contributed by atoms with Gasteiger partial charge in [0, 0.05) is 10.6 Å². The van der Waals surface area contributed by atoms with Crippen LogP contribution in [0.1, 0.15) is 42.1 Å². The van der Waals surface area contributed by atoms with Crippen molar-refractivity contribution in [3.8, 4) is 11.8 Å². The van der Waals surface area contributed by atoms with Gasteiger partial charge in [-0.1, -0.05) is 47.2 Å². The first-order valence-corrected chi connectivity index (χ1v) is 13.8. The molecule has 0 bridgehead atoms. The molecule has 2 heterocycles. The van der Waals surface area contributed by atoms with E-state index in [0.29, 0.717) is 42.5 Å². The van der Waals surface area contributed by atoms with Crippen molar-refractivity contribution in [1.29, 1.82) is 5.26 Å². The van der Waals surface area contributed by atoms with Crippen LogP contribution in [0, 0.1) is 17.1 Å². The number of aromatic nitrogens is 1. The molecule has 7 nitrogen and oxygen atoms in total. The molecule has 0 unspecified atom stereocenters. The third-order valence-corrected chi connectivity index (χ3v) is 7.66. The number of hydrogen-bond donors (Lipinski definition) is 0.